The van der Waals surface area contributed by atoms with Gasteiger partial charge in [0.2, 0.25) is 21.9 Å². The molecule has 45 heavy (non-hydrogen) atoms. The van der Waals surface area contributed by atoms with Gasteiger partial charge < -0.3 is 25.0 Å². The minimum absolute atomic E-state index is 0.0564. The van der Waals surface area contributed by atoms with Gasteiger partial charge in [0.15, 0.2) is 0 Å². The highest BCUT2D eigenvalue weighted by atomic mass is 32.2. The van der Waals surface area contributed by atoms with Gasteiger partial charge in [0.25, 0.3) is 5.91 Å². The average Bonchev–Trinajstić information content (AvgIpc) is 3.34. The smallest absolute Gasteiger partial charge is 0.423 e. The summed E-state index contributed by atoms with van der Waals surface area (Å²) >= 11 is 0. The fraction of sp³-hybridized carbons (Fsp3) is 0.433. The number of nitrogens with zero attached hydrogens (tertiary/aromatic N) is 4. The number of piperidine rings is 1. The molecule has 1 saturated heterocycles. The number of alkyl halides is 3. The fourth-order valence-corrected chi connectivity index (χ4v) is 6.27. The van der Waals surface area contributed by atoms with Gasteiger partial charge >= 0.3 is 6.18 Å². The van der Waals surface area contributed by atoms with Gasteiger partial charge in [-0.2, -0.15) is 22.5 Å². The third-order valence-electron chi connectivity index (χ3n) is 8.15. The molecule has 2 aliphatic rings. The second-order valence-corrected chi connectivity index (χ2v) is 13.3. The van der Waals surface area contributed by atoms with Gasteiger partial charge in [-0.25, -0.2) is 13.4 Å². The largest absolute Gasteiger partial charge is 0.495 e. The molecule has 5 rings (SSSR count). The van der Waals surface area contributed by atoms with Crippen LogP contribution < -0.4 is 20.1 Å². The molecule has 2 aromatic carbocycles. The van der Waals surface area contributed by atoms with E-state index in [0.29, 0.717) is 23.0 Å². The number of nitrogens with one attached hydrogen (secondary N) is 2. The number of hydrogen-bond donors (Lipinski definition) is 2. The standard InChI is InChI=1S/C30H35F3N6O5S/c1-38-13-11-20(12-14-38)35-27(40)19-9-10-23(24(16-19)43-3)36-29-34-17-22(30(31,32)33)28(37-29)44-25-15-18-7-5-6-8-21(18)26(25)39(2)45(4,41)42/h5-10,16-17,20,25-26H,11-15H2,1-4H3,(H,35,40)(H,34,36,37)/t25-,26+/m0/s1. The topological polar surface area (TPSA) is 126 Å². The Morgan fingerprint density at radius 3 is 2.51 bits per heavy atom. The van der Waals surface area contributed by atoms with Crippen LogP contribution in [0.3, 0.4) is 0 Å². The number of ether oxygens (including phenoxy) is 2. The fourth-order valence-electron chi connectivity index (χ4n) is 5.61. The number of rotatable bonds is 9. The van der Waals surface area contributed by atoms with E-state index >= 15 is 0 Å². The first-order chi connectivity index (χ1) is 21.2. The van der Waals surface area contributed by atoms with Crippen LogP contribution in [-0.2, 0) is 22.6 Å². The van der Waals surface area contributed by atoms with E-state index in [9.17, 15) is 26.4 Å². The van der Waals surface area contributed by atoms with Crippen LogP contribution in [0, 0.1) is 0 Å². The second kappa shape index (κ2) is 12.8. The zero-order valence-corrected chi connectivity index (χ0v) is 26.1. The molecule has 0 unspecified atom stereocenters. The number of likely N-dealkylation sites (N-methyl/N-ethyl adjacent to an activating group) is 1. The van der Waals surface area contributed by atoms with E-state index in [1.165, 1.54) is 20.2 Å². The molecule has 11 nitrogen and oxygen atoms in total. The third-order valence-corrected chi connectivity index (χ3v) is 9.42. The first-order valence-electron chi connectivity index (χ1n) is 14.3. The van der Waals surface area contributed by atoms with Crippen LogP contribution >= 0.6 is 0 Å². The number of sulfonamides is 1. The summed E-state index contributed by atoms with van der Waals surface area (Å²) in [6, 6.07) is 10.8. The highest BCUT2D eigenvalue weighted by molar-refractivity contribution is 7.88. The van der Waals surface area contributed by atoms with Crippen molar-refractivity contribution in [2.75, 3.05) is 45.9 Å². The van der Waals surface area contributed by atoms with Crippen molar-refractivity contribution in [2.24, 2.45) is 0 Å². The van der Waals surface area contributed by atoms with Crippen LogP contribution in [0.1, 0.15) is 45.9 Å². The van der Waals surface area contributed by atoms with Crippen molar-refractivity contribution in [2.45, 2.75) is 43.6 Å². The number of benzene rings is 2. The maximum atomic E-state index is 14.1. The summed E-state index contributed by atoms with van der Waals surface area (Å²) in [7, 11) is 1.07. The monoisotopic (exact) mass is 648 g/mol. The van der Waals surface area contributed by atoms with Crippen molar-refractivity contribution in [1.82, 2.24) is 24.5 Å². The van der Waals surface area contributed by atoms with E-state index in [-0.39, 0.29) is 30.1 Å². The Kier molecular flexibility index (Phi) is 9.23. The minimum Gasteiger partial charge on any atom is -0.495 e. The van der Waals surface area contributed by atoms with Gasteiger partial charge in [-0.1, -0.05) is 24.3 Å². The van der Waals surface area contributed by atoms with E-state index in [4.69, 9.17) is 9.47 Å². The summed E-state index contributed by atoms with van der Waals surface area (Å²) in [5, 5.41) is 5.89. The lowest BCUT2D eigenvalue weighted by molar-refractivity contribution is -0.140. The SMILES string of the molecule is COc1cc(C(=O)NC2CCN(C)CC2)ccc1Nc1ncc(C(F)(F)F)c(O[C@H]2Cc3ccccc3[C@H]2N(C)S(C)(=O)=O)n1. The van der Waals surface area contributed by atoms with Gasteiger partial charge in [0.05, 0.1) is 25.1 Å². The molecule has 1 fully saturated rings. The van der Waals surface area contributed by atoms with Crippen LogP contribution in [0.2, 0.25) is 0 Å². The van der Waals surface area contributed by atoms with Crippen LogP contribution in [0.25, 0.3) is 0 Å². The Hall–Kier alpha value is -3.95. The Morgan fingerprint density at radius 1 is 1.13 bits per heavy atom. The molecule has 1 aliphatic carbocycles. The summed E-state index contributed by atoms with van der Waals surface area (Å²) in [5.74, 6) is -0.985. The third kappa shape index (κ3) is 7.31. The summed E-state index contributed by atoms with van der Waals surface area (Å²) in [6.07, 6.45) is -2.37. The molecule has 2 heterocycles. The number of hydrogen-bond acceptors (Lipinski definition) is 9. The van der Waals surface area contributed by atoms with Crippen molar-refractivity contribution < 1.29 is 35.9 Å². The van der Waals surface area contributed by atoms with Crippen LogP contribution in [-0.4, -0.2) is 86.2 Å². The molecular formula is C30H35F3N6O5S. The highest BCUT2D eigenvalue weighted by Gasteiger charge is 2.43. The lowest BCUT2D eigenvalue weighted by Crippen LogP contribution is -2.43. The molecule has 0 radical (unpaired) electrons. The normalized spacial score (nSPS) is 19.3. The molecule has 1 aromatic heterocycles. The zero-order chi connectivity index (χ0) is 32.5. The Labute approximate surface area is 259 Å². The van der Waals surface area contributed by atoms with Gasteiger partial charge in [-0.3, -0.25) is 4.79 Å². The number of carbonyl (C=O) groups is 1. The van der Waals surface area contributed by atoms with E-state index in [1.807, 2.05) is 7.05 Å². The van der Waals surface area contributed by atoms with E-state index in [1.54, 1.807) is 36.4 Å². The summed E-state index contributed by atoms with van der Waals surface area (Å²) in [6.45, 7) is 1.78. The van der Waals surface area contributed by atoms with Crippen molar-refractivity contribution in [3.05, 3.63) is 70.9 Å². The van der Waals surface area contributed by atoms with Crippen LogP contribution in [0.4, 0.5) is 24.8 Å². The Morgan fingerprint density at radius 2 is 1.84 bits per heavy atom. The van der Waals surface area contributed by atoms with Crippen LogP contribution in [0.5, 0.6) is 11.6 Å². The number of carbonyl (C=O) groups excluding carboxylic acids is 1. The lowest BCUT2D eigenvalue weighted by atomic mass is 10.0. The van der Waals surface area contributed by atoms with Gasteiger partial charge in [-0.05, 0) is 62.3 Å². The Bertz CT molecular complexity index is 1660. The summed E-state index contributed by atoms with van der Waals surface area (Å²) in [5.41, 5.74) is 0.852. The molecule has 1 aliphatic heterocycles. The molecule has 1 amide bonds. The van der Waals surface area contributed by atoms with Crippen molar-refractivity contribution >= 4 is 27.6 Å². The van der Waals surface area contributed by atoms with E-state index < -0.39 is 39.8 Å². The first-order valence-corrected chi connectivity index (χ1v) is 16.2. The summed E-state index contributed by atoms with van der Waals surface area (Å²) in [4.78, 5) is 23.0. The molecule has 0 saturated carbocycles. The quantitative estimate of drug-likeness (QED) is 0.354. The zero-order valence-electron chi connectivity index (χ0n) is 25.3. The average molecular weight is 649 g/mol. The van der Waals surface area contributed by atoms with Crippen molar-refractivity contribution in [1.29, 1.82) is 0 Å². The lowest BCUT2D eigenvalue weighted by Gasteiger charge is -2.29. The van der Waals surface area contributed by atoms with Crippen LogP contribution in [0.15, 0.2) is 48.7 Å². The highest BCUT2D eigenvalue weighted by Crippen LogP contribution is 2.42. The number of aromatic nitrogens is 2. The maximum Gasteiger partial charge on any atom is 0.423 e. The number of likely N-dealkylation sites (tertiary alicyclic amines) is 1. The van der Waals surface area contributed by atoms with Gasteiger partial charge in [0.1, 0.15) is 17.4 Å². The molecule has 0 bridgehead atoms. The van der Waals surface area contributed by atoms with E-state index in [2.05, 4.69) is 25.5 Å². The maximum absolute atomic E-state index is 14.1. The first kappa shape index (κ1) is 32.4. The number of amides is 1. The second-order valence-electron chi connectivity index (χ2n) is 11.3. The number of anilines is 2. The Balaban J connectivity index is 1.40. The van der Waals surface area contributed by atoms with Crippen molar-refractivity contribution in [3.63, 3.8) is 0 Å². The molecule has 15 heteroatoms. The molecule has 2 atom stereocenters. The van der Waals surface area contributed by atoms with E-state index in [0.717, 1.165) is 42.1 Å². The molecule has 2 N–H and O–H groups in total. The molecular weight excluding hydrogens is 613 g/mol. The van der Waals surface area contributed by atoms with Gasteiger partial charge in [-0.15, -0.1) is 0 Å². The van der Waals surface area contributed by atoms with Gasteiger partial charge in [0, 0.05) is 31.3 Å². The molecule has 0 spiro atoms. The summed E-state index contributed by atoms with van der Waals surface area (Å²) < 4.78 is 79.6. The molecule has 3 aromatic rings. The predicted molar refractivity (Wildman–Crippen MR) is 161 cm³/mol. The molecule has 242 valence electrons. The number of halogens is 3. The predicted octanol–water partition coefficient (Wildman–Crippen LogP) is 4.01. The number of methoxy groups -OCH3 is 1. The minimum atomic E-state index is -4.85. The van der Waals surface area contributed by atoms with Crippen molar-refractivity contribution in [3.8, 4) is 11.6 Å². The number of fused-ring (bicyclic) bond motifs is 1.